The topological polar surface area (TPSA) is 72.3 Å². The molecule has 0 saturated heterocycles. The molecule has 0 unspecified atom stereocenters. The van der Waals surface area contributed by atoms with Crippen molar-refractivity contribution in [3.8, 4) is 17.0 Å². The van der Waals surface area contributed by atoms with Crippen LogP contribution in [0.4, 0.5) is 0 Å². The quantitative estimate of drug-likeness (QED) is 0.915. The van der Waals surface area contributed by atoms with Gasteiger partial charge in [0.2, 0.25) is 0 Å². The molecule has 0 fully saturated rings. The van der Waals surface area contributed by atoms with Crippen molar-refractivity contribution in [1.29, 1.82) is 0 Å². The summed E-state index contributed by atoms with van der Waals surface area (Å²) in [7, 11) is 1.56. The molecule has 19 heavy (non-hydrogen) atoms. The Morgan fingerprint density at radius 2 is 2.05 bits per heavy atom. The van der Waals surface area contributed by atoms with Gasteiger partial charge in [0.25, 0.3) is 0 Å². The van der Waals surface area contributed by atoms with Crippen molar-refractivity contribution in [3.63, 3.8) is 0 Å². The van der Waals surface area contributed by atoms with Crippen LogP contribution in [0.25, 0.3) is 11.3 Å². The van der Waals surface area contributed by atoms with Crippen molar-refractivity contribution in [2.45, 2.75) is 13.8 Å². The van der Waals surface area contributed by atoms with Gasteiger partial charge >= 0.3 is 5.97 Å². The highest BCUT2D eigenvalue weighted by molar-refractivity contribution is 5.95. The summed E-state index contributed by atoms with van der Waals surface area (Å²) in [5.74, 6) is -0.427. The molecule has 0 aliphatic carbocycles. The zero-order valence-corrected chi connectivity index (χ0v) is 11.0. The molecule has 0 spiro atoms. The number of carboxylic acid groups (broad SMARTS) is 1. The summed E-state index contributed by atoms with van der Waals surface area (Å²) in [6.45, 7) is 3.86. The Kier molecular flexibility index (Phi) is 3.46. The standard InChI is InChI=1S/C14H14N2O3/c1-8-4-9(2)13(19-3)10(5-8)12-11(14(17)18)6-15-7-16-12/h4-7H,1-3H3,(H,17,18). The van der Waals surface area contributed by atoms with Crippen LogP contribution in [0.1, 0.15) is 21.5 Å². The number of nitrogens with zero attached hydrogens (tertiary/aromatic N) is 2. The number of ether oxygens (including phenoxy) is 1. The maximum Gasteiger partial charge on any atom is 0.339 e. The van der Waals surface area contributed by atoms with Crippen molar-refractivity contribution < 1.29 is 14.6 Å². The third-order valence-corrected chi connectivity index (χ3v) is 2.82. The largest absolute Gasteiger partial charge is 0.496 e. The van der Waals surface area contributed by atoms with Gasteiger partial charge in [-0.05, 0) is 31.0 Å². The van der Waals surface area contributed by atoms with E-state index in [1.54, 1.807) is 7.11 Å². The number of aryl methyl sites for hydroxylation is 2. The normalized spacial score (nSPS) is 10.3. The molecule has 98 valence electrons. The number of carboxylic acids is 1. The molecular weight excluding hydrogens is 244 g/mol. The summed E-state index contributed by atoms with van der Waals surface area (Å²) in [4.78, 5) is 19.1. The summed E-state index contributed by atoms with van der Waals surface area (Å²) >= 11 is 0. The second-order valence-electron chi connectivity index (χ2n) is 4.25. The lowest BCUT2D eigenvalue weighted by Gasteiger charge is -2.13. The molecule has 1 heterocycles. The Morgan fingerprint density at radius 1 is 1.32 bits per heavy atom. The van der Waals surface area contributed by atoms with Crippen LogP contribution in [0.5, 0.6) is 5.75 Å². The van der Waals surface area contributed by atoms with Crippen LogP contribution in [0.2, 0.25) is 0 Å². The minimum atomic E-state index is -1.06. The van der Waals surface area contributed by atoms with Crippen molar-refractivity contribution >= 4 is 5.97 Å². The van der Waals surface area contributed by atoms with Gasteiger partial charge < -0.3 is 9.84 Å². The number of aromatic carboxylic acids is 1. The molecule has 1 N–H and O–H groups in total. The van der Waals surface area contributed by atoms with E-state index in [2.05, 4.69) is 9.97 Å². The van der Waals surface area contributed by atoms with Crippen LogP contribution >= 0.6 is 0 Å². The van der Waals surface area contributed by atoms with E-state index in [1.165, 1.54) is 12.5 Å². The molecule has 0 atom stereocenters. The molecule has 0 saturated carbocycles. The number of benzene rings is 1. The van der Waals surface area contributed by atoms with Crippen LogP contribution < -0.4 is 4.74 Å². The third-order valence-electron chi connectivity index (χ3n) is 2.82. The van der Waals surface area contributed by atoms with Crippen molar-refractivity contribution in [2.24, 2.45) is 0 Å². The van der Waals surface area contributed by atoms with E-state index in [1.807, 2.05) is 26.0 Å². The van der Waals surface area contributed by atoms with E-state index in [0.717, 1.165) is 11.1 Å². The third kappa shape index (κ3) is 2.40. The number of carbonyl (C=O) groups is 1. The lowest BCUT2D eigenvalue weighted by molar-refractivity contribution is 0.0697. The summed E-state index contributed by atoms with van der Waals surface area (Å²) in [6.07, 6.45) is 2.63. The van der Waals surface area contributed by atoms with Gasteiger partial charge in [-0.25, -0.2) is 14.8 Å². The number of hydrogen-bond donors (Lipinski definition) is 1. The molecule has 5 heteroatoms. The van der Waals surface area contributed by atoms with Gasteiger partial charge in [0.15, 0.2) is 0 Å². The highest BCUT2D eigenvalue weighted by Gasteiger charge is 2.18. The lowest BCUT2D eigenvalue weighted by atomic mass is 10.0. The average molecular weight is 258 g/mol. The van der Waals surface area contributed by atoms with Gasteiger partial charge in [-0.1, -0.05) is 6.07 Å². The molecular formula is C14H14N2O3. The smallest absolute Gasteiger partial charge is 0.339 e. The predicted octanol–water partition coefficient (Wildman–Crippen LogP) is 2.47. The number of aromatic nitrogens is 2. The van der Waals surface area contributed by atoms with Crippen molar-refractivity contribution in [2.75, 3.05) is 7.11 Å². The van der Waals surface area contributed by atoms with E-state index < -0.39 is 5.97 Å². The van der Waals surface area contributed by atoms with Gasteiger partial charge in [-0.15, -0.1) is 0 Å². The van der Waals surface area contributed by atoms with Gasteiger partial charge in [0.05, 0.1) is 12.8 Å². The van der Waals surface area contributed by atoms with E-state index in [9.17, 15) is 9.90 Å². The van der Waals surface area contributed by atoms with Gasteiger partial charge in [0.1, 0.15) is 17.6 Å². The first-order chi connectivity index (χ1) is 9.04. The van der Waals surface area contributed by atoms with Gasteiger partial charge in [-0.2, -0.15) is 0 Å². The Balaban J connectivity index is 2.75. The molecule has 5 nitrogen and oxygen atoms in total. The number of methoxy groups -OCH3 is 1. The molecule has 0 bridgehead atoms. The second-order valence-corrected chi connectivity index (χ2v) is 4.25. The molecule has 1 aromatic carbocycles. The maximum atomic E-state index is 11.2. The summed E-state index contributed by atoms with van der Waals surface area (Å²) in [5.41, 5.74) is 3.05. The summed E-state index contributed by atoms with van der Waals surface area (Å²) in [5, 5.41) is 9.21. The van der Waals surface area contributed by atoms with E-state index in [-0.39, 0.29) is 5.56 Å². The Bertz CT molecular complexity index is 639. The fourth-order valence-electron chi connectivity index (χ4n) is 2.10. The highest BCUT2D eigenvalue weighted by Crippen LogP contribution is 2.34. The van der Waals surface area contributed by atoms with Crippen LogP contribution in [0, 0.1) is 13.8 Å². The van der Waals surface area contributed by atoms with E-state index in [4.69, 9.17) is 4.74 Å². The minimum Gasteiger partial charge on any atom is -0.496 e. The van der Waals surface area contributed by atoms with Gasteiger partial charge in [-0.3, -0.25) is 0 Å². The monoisotopic (exact) mass is 258 g/mol. The Morgan fingerprint density at radius 3 is 2.68 bits per heavy atom. The van der Waals surface area contributed by atoms with Crippen LogP contribution in [-0.4, -0.2) is 28.2 Å². The zero-order chi connectivity index (χ0) is 14.0. The van der Waals surface area contributed by atoms with E-state index >= 15 is 0 Å². The molecule has 1 aromatic heterocycles. The zero-order valence-electron chi connectivity index (χ0n) is 11.0. The lowest BCUT2D eigenvalue weighted by Crippen LogP contribution is -2.04. The Labute approximate surface area is 110 Å². The van der Waals surface area contributed by atoms with Crippen LogP contribution in [0.3, 0.4) is 0 Å². The molecule has 2 aromatic rings. The minimum absolute atomic E-state index is 0.0609. The average Bonchev–Trinajstić information content (AvgIpc) is 2.37. The van der Waals surface area contributed by atoms with Crippen LogP contribution in [0.15, 0.2) is 24.7 Å². The number of rotatable bonds is 3. The van der Waals surface area contributed by atoms with Crippen molar-refractivity contribution in [3.05, 3.63) is 41.3 Å². The SMILES string of the molecule is COc1c(C)cc(C)cc1-c1ncncc1C(=O)O. The van der Waals surface area contributed by atoms with Crippen LogP contribution in [-0.2, 0) is 0 Å². The summed E-state index contributed by atoms with van der Waals surface area (Å²) < 4.78 is 5.37. The highest BCUT2D eigenvalue weighted by atomic mass is 16.5. The first kappa shape index (κ1) is 13.0. The second kappa shape index (κ2) is 5.06. The first-order valence-corrected chi connectivity index (χ1v) is 5.73. The summed E-state index contributed by atoms with van der Waals surface area (Å²) in [6, 6.07) is 3.84. The predicted molar refractivity (Wildman–Crippen MR) is 70.5 cm³/mol. The molecule has 2 rings (SSSR count). The first-order valence-electron chi connectivity index (χ1n) is 5.73. The molecule has 0 aliphatic rings. The fourth-order valence-corrected chi connectivity index (χ4v) is 2.10. The fraction of sp³-hybridized carbons (Fsp3) is 0.214. The number of hydrogen-bond acceptors (Lipinski definition) is 4. The van der Waals surface area contributed by atoms with E-state index in [0.29, 0.717) is 17.0 Å². The maximum absolute atomic E-state index is 11.2. The van der Waals surface area contributed by atoms with Crippen molar-refractivity contribution in [1.82, 2.24) is 9.97 Å². The molecule has 0 aliphatic heterocycles. The molecule has 0 amide bonds. The molecule has 0 radical (unpaired) electrons. The van der Waals surface area contributed by atoms with Gasteiger partial charge in [0, 0.05) is 11.8 Å². The Hall–Kier alpha value is -2.43.